The number of aromatic nitrogens is 2. The smallest absolute Gasteiger partial charge is 0.123 e. The number of nitrogens with zero attached hydrogens (tertiary/aromatic N) is 2. The van der Waals surface area contributed by atoms with Gasteiger partial charge in [0.25, 0.3) is 0 Å². The van der Waals surface area contributed by atoms with Crippen molar-refractivity contribution in [1.29, 1.82) is 0 Å². The Bertz CT molecular complexity index is 1210. The molecule has 0 bridgehead atoms. The normalized spacial score (nSPS) is 30.6. The molecule has 0 amide bonds. The second kappa shape index (κ2) is 6.85. The third kappa shape index (κ3) is 2.64. The Labute approximate surface area is 186 Å². The number of rotatable bonds is 3. The molecule has 5 heteroatoms. The Balaban J connectivity index is 1.36. The average Bonchev–Trinajstić information content (AvgIpc) is 3.21. The first-order valence-corrected chi connectivity index (χ1v) is 11.4. The highest BCUT2D eigenvalue weighted by Crippen LogP contribution is 2.69. The van der Waals surface area contributed by atoms with Crippen molar-refractivity contribution in [2.45, 2.75) is 44.8 Å². The quantitative estimate of drug-likeness (QED) is 0.582. The molecule has 1 unspecified atom stereocenters. The number of allylic oxidation sites excluding steroid dienone is 1. The largest absolute Gasteiger partial charge is 0.389 e. The standard InChI is InChI=1S/C27H26F2N2O/c1-17-26-15-31-16-30-25(19-7-11-22(29)12-8-19)23(31)13-20(26)3-2-4-24(26)27(17,32)14-18-5-9-21(28)10-6-18/h5-13,16-17,24,32H,2-4,14-15H2,1H3/t17?,24-,26+,27-/m0/s1. The molecular weight excluding hydrogens is 406 g/mol. The molecule has 1 spiro atoms. The molecule has 1 aromatic heterocycles. The monoisotopic (exact) mass is 432 g/mol. The van der Waals surface area contributed by atoms with Gasteiger partial charge >= 0.3 is 0 Å². The molecule has 3 nitrogen and oxygen atoms in total. The van der Waals surface area contributed by atoms with Crippen LogP contribution in [0.3, 0.4) is 0 Å². The van der Waals surface area contributed by atoms with E-state index < -0.39 is 5.60 Å². The van der Waals surface area contributed by atoms with E-state index in [4.69, 9.17) is 0 Å². The SMILES string of the molecule is CC1[C@]23Cn4cnc(-c5ccc(F)cc5)c4C=C2CCC[C@@H]3[C@]1(O)Cc1ccc(F)cc1. The Kier molecular flexibility index (Phi) is 4.25. The van der Waals surface area contributed by atoms with E-state index in [1.807, 2.05) is 6.33 Å². The topological polar surface area (TPSA) is 38.0 Å². The highest BCUT2D eigenvalue weighted by molar-refractivity contribution is 5.73. The molecule has 1 N–H and O–H groups in total. The second-order valence-electron chi connectivity index (χ2n) is 9.78. The third-order valence-corrected chi connectivity index (χ3v) is 8.42. The number of hydrogen-bond acceptors (Lipinski definition) is 2. The summed E-state index contributed by atoms with van der Waals surface area (Å²) in [5.41, 5.74) is 4.37. The van der Waals surface area contributed by atoms with Gasteiger partial charge < -0.3 is 9.67 Å². The van der Waals surface area contributed by atoms with Gasteiger partial charge in [0.2, 0.25) is 0 Å². The Morgan fingerprint density at radius 1 is 1.06 bits per heavy atom. The Morgan fingerprint density at radius 2 is 1.75 bits per heavy atom. The van der Waals surface area contributed by atoms with Crippen molar-refractivity contribution in [3.63, 3.8) is 0 Å². The van der Waals surface area contributed by atoms with Crippen LogP contribution in [0.2, 0.25) is 0 Å². The fourth-order valence-corrected chi connectivity index (χ4v) is 6.84. The van der Waals surface area contributed by atoms with Gasteiger partial charge in [0.1, 0.15) is 11.6 Å². The van der Waals surface area contributed by atoms with Gasteiger partial charge in [-0.15, -0.1) is 0 Å². The van der Waals surface area contributed by atoms with E-state index in [9.17, 15) is 13.9 Å². The molecule has 6 rings (SSSR count). The molecule has 3 aliphatic rings. The van der Waals surface area contributed by atoms with Crippen LogP contribution in [0.4, 0.5) is 8.78 Å². The van der Waals surface area contributed by atoms with Crippen LogP contribution in [0.15, 0.2) is 60.4 Å². The van der Waals surface area contributed by atoms with E-state index in [-0.39, 0.29) is 28.9 Å². The molecule has 2 saturated carbocycles. The molecule has 1 aliphatic heterocycles. The fraction of sp³-hybridized carbons (Fsp3) is 0.370. The predicted octanol–water partition coefficient (Wildman–Crippen LogP) is 5.64. The number of aliphatic hydroxyl groups is 1. The number of imidazole rings is 1. The third-order valence-electron chi connectivity index (χ3n) is 8.42. The molecule has 3 aromatic rings. The Hall–Kier alpha value is -2.79. The van der Waals surface area contributed by atoms with E-state index in [2.05, 4.69) is 22.6 Å². The summed E-state index contributed by atoms with van der Waals surface area (Å²) < 4.78 is 29.0. The van der Waals surface area contributed by atoms with Crippen LogP contribution in [-0.4, -0.2) is 20.3 Å². The first-order valence-electron chi connectivity index (χ1n) is 11.4. The minimum Gasteiger partial charge on any atom is -0.389 e. The van der Waals surface area contributed by atoms with Crippen molar-refractivity contribution >= 4 is 6.08 Å². The summed E-state index contributed by atoms with van der Waals surface area (Å²) in [4.78, 5) is 4.67. The van der Waals surface area contributed by atoms with E-state index in [1.54, 1.807) is 24.3 Å². The van der Waals surface area contributed by atoms with Gasteiger partial charge in [-0.2, -0.15) is 0 Å². The zero-order valence-corrected chi connectivity index (χ0v) is 18.1. The van der Waals surface area contributed by atoms with Gasteiger partial charge in [-0.05, 0) is 79.1 Å². The molecule has 0 radical (unpaired) electrons. The van der Waals surface area contributed by atoms with Crippen molar-refractivity contribution in [3.05, 3.63) is 83.3 Å². The van der Waals surface area contributed by atoms with Gasteiger partial charge in [0.15, 0.2) is 0 Å². The summed E-state index contributed by atoms with van der Waals surface area (Å²) in [5, 5.41) is 11.8. The van der Waals surface area contributed by atoms with Crippen LogP contribution < -0.4 is 0 Å². The van der Waals surface area contributed by atoms with Gasteiger partial charge in [0.05, 0.1) is 23.3 Å². The van der Waals surface area contributed by atoms with Gasteiger partial charge in [0, 0.05) is 23.9 Å². The molecule has 32 heavy (non-hydrogen) atoms. The highest BCUT2D eigenvalue weighted by atomic mass is 19.1. The zero-order valence-electron chi connectivity index (χ0n) is 18.1. The number of hydrogen-bond donors (Lipinski definition) is 1. The minimum absolute atomic E-state index is 0.0687. The number of benzene rings is 2. The fourth-order valence-electron chi connectivity index (χ4n) is 6.84. The van der Waals surface area contributed by atoms with Crippen LogP contribution in [-0.2, 0) is 13.0 Å². The van der Waals surface area contributed by atoms with Crippen molar-refractivity contribution < 1.29 is 13.9 Å². The first-order chi connectivity index (χ1) is 15.4. The summed E-state index contributed by atoms with van der Waals surface area (Å²) in [6, 6.07) is 13.0. The maximum absolute atomic E-state index is 13.4. The molecule has 4 atom stereocenters. The van der Waals surface area contributed by atoms with E-state index in [0.29, 0.717) is 6.42 Å². The minimum atomic E-state index is -0.796. The highest BCUT2D eigenvalue weighted by Gasteiger charge is 2.70. The lowest BCUT2D eigenvalue weighted by Gasteiger charge is -2.69. The van der Waals surface area contributed by atoms with Crippen molar-refractivity contribution in [2.24, 2.45) is 17.3 Å². The first kappa shape index (κ1) is 19.9. The lowest BCUT2D eigenvalue weighted by Crippen LogP contribution is -2.72. The van der Waals surface area contributed by atoms with E-state index >= 15 is 0 Å². The van der Waals surface area contributed by atoms with E-state index in [1.165, 1.54) is 29.8 Å². The van der Waals surface area contributed by atoms with Crippen LogP contribution in [0, 0.1) is 28.9 Å². The van der Waals surface area contributed by atoms with Crippen molar-refractivity contribution in [3.8, 4) is 11.3 Å². The number of halogens is 2. The molecule has 164 valence electrons. The maximum Gasteiger partial charge on any atom is 0.123 e. The summed E-state index contributed by atoms with van der Waals surface area (Å²) in [6.45, 7) is 2.97. The molecule has 2 aromatic carbocycles. The molecule has 2 heterocycles. The number of fused-ring (bicyclic) bond motifs is 1. The predicted molar refractivity (Wildman–Crippen MR) is 120 cm³/mol. The molecular formula is C27H26F2N2O. The lowest BCUT2D eigenvalue weighted by molar-refractivity contribution is -0.247. The molecule has 0 saturated heterocycles. The lowest BCUT2D eigenvalue weighted by atomic mass is 9.38. The summed E-state index contributed by atoms with van der Waals surface area (Å²) in [7, 11) is 0. The van der Waals surface area contributed by atoms with Crippen LogP contribution >= 0.6 is 0 Å². The van der Waals surface area contributed by atoms with Crippen LogP contribution in [0.25, 0.3) is 17.3 Å². The summed E-state index contributed by atoms with van der Waals surface area (Å²) in [5.74, 6) is -0.252. The van der Waals surface area contributed by atoms with Gasteiger partial charge in [-0.25, -0.2) is 13.8 Å². The summed E-state index contributed by atoms with van der Waals surface area (Å²) in [6.07, 6.45) is 7.78. The van der Waals surface area contributed by atoms with E-state index in [0.717, 1.165) is 48.3 Å². The van der Waals surface area contributed by atoms with Crippen LogP contribution in [0.5, 0.6) is 0 Å². The molecule has 2 aliphatic carbocycles. The van der Waals surface area contributed by atoms with Crippen LogP contribution in [0.1, 0.15) is 37.4 Å². The van der Waals surface area contributed by atoms with Gasteiger partial charge in [-0.1, -0.05) is 24.6 Å². The average molecular weight is 433 g/mol. The Morgan fingerprint density at radius 3 is 2.47 bits per heavy atom. The van der Waals surface area contributed by atoms with Gasteiger partial charge in [-0.3, -0.25) is 0 Å². The van der Waals surface area contributed by atoms with Crippen molar-refractivity contribution in [2.75, 3.05) is 0 Å². The zero-order chi connectivity index (χ0) is 22.1. The summed E-state index contributed by atoms with van der Waals surface area (Å²) >= 11 is 0. The molecule has 2 fully saturated rings. The maximum atomic E-state index is 13.4. The van der Waals surface area contributed by atoms with Crippen molar-refractivity contribution in [1.82, 2.24) is 9.55 Å². The second-order valence-corrected chi connectivity index (χ2v) is 9.78.